The number of fused-ring (bicyclic) bond motifs is 1. The van der Waals surface area contributed by atoms with E-state index in [1.807, 2.05) is 27.7 Å². The molecule has 0 saturated carbocycles. The number of carbonyl (C=O) groups is 2. The first-order valence-electron chi connectivity index (χ1n) is 12.3. The fourth-order valence-corrected chi connectivity index (χ4v) is 6.37. The number of benzene rings is 2. The van der Waals surface area contributed by atoms with E-state index in [-0.39, 0.29) is 22.7 Å². The summed E-state index contributed by atoms with van der Waals surface area (Å²) in [5.74, 6) is -0.220. The molecule has 11 heteroatoms. The molecule has 2 amide bonds. The minimum atomic E-state index is -0.734. The minimum Gasteiger partial charge on any atom is -0.444 e. The largest absolute Gasteiger partial charge is 0.444 e. The molecule has 4 rings (SSSR count). The molecule has 204 valence electrons. The Morgan fingerprint density at radius 2 is 1.95 bits per heavy atom. The highest BCUT2D eigenvalue weighted by Crippen LogP contribution is 2.48. The molecule has 38 heavy (non-hydrogen) atoms. The first kappa shape index (κ1) is 28.2. The summed E-state index contributed by atoms with van der Waals surface area (Å²) < 4.78 is 34.1. The van der Waals surface area contributed by atoms with Crippen molar-refractivity contribution in [2.24, 2.45) is 4.99 Å². The van der Waals surface area contributed by atoms with Crippen molar-refractivity contribution in [3.05, 3.63) is 46.5 Å². The fourth-order valence-electron chi connectivity index (χ4n) is 4.79. The van der Waals surface area contributed by atoms with E-state index in [0.29, 0.717) is 59.5 Å². The van der Waals surface area contributed by atoms with Gasteiger partial charge < -0.3 is 19.4 Å². The second kappa shape index (κ2) is 11.1. The third-order valence-corrected chi connectivity index (χ3v) is 7.78. The predicted molar refractivity (Wildman–Crippen MR) is 147 cm³/mol. The van der Waals surface area contributed by atoms with Gasteiger partial charge in [-0.1, -0.05) is 11.6 Å². The van der Waals surface area contributed by atoms with Gasteiger partial charge >= 0.3 is 6.09 Å². The highest BCUT2D eigenvalue weighted by atomic mass is 35.5. The second-order valence-electron chi connectivity index (χ2n) is 10.2. The molecule has 1 saturated heterocycles. The number of aliphatic imine (C=N–C) groups is 1. The Labute approximate surface area is 230 Å². The average Bonchev–Trinajstić information content (AvgIpc) is 2.84. The number of anilines is 1. The molecule has 1 unspecified atom stereocenters. The van der Waals surface area contributed by atoms with Crippen LogP contribution in [0.15, 0.2) is 34.2 Å². The number of nitrogens with zero attached hydrogens (tertiary/aromatic N) is 4. The summed E-state index contributed by atoms with van der Waals surface area (Å²) in [6, 6.07) is 4.95. The number of halogens is 3. The molecule has 1 fully saturated rings. The summed E-state index contributed by atoms with van der Waals surface area (Å²) >= 11 is 8.25. The molecule has 2 aliphatic heterocycles. The highest BCUT2D eigenvalue weighted by Gasteiger charge is 2.35. The number of hydrogen-bond donors (Lipinski definition) is 0. The fraction of sp³-hybridized carbons (Fsp3) is 0.444. The van der Waals surface area contributed by atoms with Crippen LogP contribution in [-0.4, -0.2) is 78.8 Å². The third kappa shape index (κ3) is 5.61. The van der Waals surface area contributed by atoms with Crippen LogP contribution in [0.4, 0.5) is 19.3 Å². The quantitative estimate of drug-likeness (QED) is 0.273. The van der Waals surface area contributed by atoms with E-state index in [2.05, 4.69) is 9.89 Å². The minimum absolute atomic E-state index is 0.112. The Bertz CT molecular complexity index is 1280. The van der Waals surface area contributed by atoms with E-state index in [1.54, 1.807) is 22.9 Å². The van der Waals surface area contributed by atoms with E-state index in [1.165, 1.54) is 23.9 Å². The van der Waals surface area contributed by atoms with Gasteiger partial charge in [0.1, 0.15) is 23.1 Å². The van der Waals surface area contributed by atoms with E-state index in [4.69, 9.17) is 16.3 Å². The number of amidine groups is 1. The number of hydrogen-bond acceptors (Lipinski definition) is 5. The number of piperazine rings is 1. The van der Waals surface area contributed by atoms with Crippen molar-refractivity contribution in [3.8, 4) is 11.1 Å². The molecule has 2 aromatic carbocycles. The third-order valence-electron chi connectivity index (χ3n) is 6.40. The average molecular weight is 565 g/mol. The summed E-state index contributed by atoms with van der Waals surface area (Å²) in [5.41, 5.74) is 1.20. The maximum atomic E-state index is 14.9. The Hall–Kier alpha value is -2.85. The summed E-state index contributed by atoms with van der Waals surface area (Å²) in [7, 11) is 1.66. The summed E-state index contributed by atoms with van der Waals surface area (Å²) in [5, 5.41) is 0.269. The summed E-state index contributed by atoms with van der Waals surface area (Å²) in [6.45, 7) is 9.28. The smallest absolute Gasteiger partial charge is 0.410 e. The molecule has 1 atom stereocenters. The number of rotatable bonds is 3. The second-order valence-corrected chi connectivity index (χ2v) is 11.8. The monoisotopic (exact) mass is 564 g/mol. The molecule has 2 heterocycles. The van der Waals surface area contributed by atoms with Gasteiger partial charge in [0.25, 0.3) is 0 Å². The van der Waals surface area contributed by atoms with Gasteiger partial charge in [0, 0.05) is 72.7 Å². The zero-order chi connectivity index (χ0) is 27.8. The van der Waals surface area contributed by atoms with Crippen LogP contribution in [0.5, 0.6) is 0 Å². The van der Waals surface area contributed by atoms with Crippen molar-refractivity contribution < 1.29 is 23.1 Å². The molecule has 0 bridgehead atoms. The molecule has 0 radical (unpaired) electrons. The molecule has 2 aliphatic rings. The van der Waals surface area contributed by atoms with Crippen LogP contribution in [0.3, 0.4) is 0 Å². The van der Waals surface area contributed by atoms with Crippen molar-refractivity contribution in [3.63, 3.8) is 0 Å². The van der Waals surface area contributed by atoms with E-state index in [9.17, 15) is 18.4 Å². The predicted octanol–water partition coefficient (Wildman–Crippen LogP) is 5.67. The Morgan fingerprint density at radius 1 is 1.21 bits per heavy atom. The maximum absolute atomic E-state index is 14.9. The van der Waals surface area contributed by atoms with E-state index < -0.39 is 17.2 Å². The Balaban J connectivity index is 1.76. The standard InChI is InChI=1S/C27H31ClF2N4O3S/c1-16-14-32(26(36)37-27(2,3)4)8-9-34(16)25(31-5)19-13-20(28)22(18-7-6-17(29)12-21(18)30)24-23(19)33(15-35)10-11-38-24/h6-7,12-13,15-16H,8-11,14H2,1-5H3. The van der Waals surface area contributed by atoms with Gasteiger partial charge in [-0.05, 0) is 45.9 Å². The van der Waals surface area contributed by atoms with Gasteiger partial charge in [-0.25, -0.2) is 13.6 Å². The molecule has 2 aromatic rings. The number of thioether (sulfide) groups is 1. The summed E-state index contributed by atoms with van der Waals surface area (Å²) in [6.07, 6.45) is 0.381. The van der Waals surface area contributed by atoms with Crippen molar-refractivity contribution >= 4 is 47.4 Å². The lowest BCUT2D eigenvalue weighted by atomic mass is 9.98. The van der Waals surface area contributed by atoms with Crippen LogP contribution in [-0.2, 0) is 9.53 Å². The maximum Gasteiger partial charge on any atom is 0.410 e. The van der Waals surface area contributed by atoms with E-state index in [0.717, 1.165) is 12.5 Å². The first-order valence-corrected chi connectivity index (χ1v) is 13.7. The molecule has 0 aromatic heterocycles. The molecule has 0 aliphatic carbocycles. The van der Waals surface area contributed by atoms with Crippen LogP contribution in [0.1, 0.15) is 33.3 Å². The van der Waals surface area contributed by atoms with Gasteiger partial charge in [0.2, 0.25) is 6.41 Å². The van der Waals surface area contributed by atoms with Crippen molar-refractivity contribution in [1.82, 2.24) is 9.80 Å². The zero-order valence-electron chi connectivity index (χ0n) is 22.1. The van der Waals surface area contributed by atoms with Crippen LogP contribution >= 0.6 is 23.4 Å². The topological polar surface area (TPSA) is 65.5 Å². The molecular weight excluding hydrogens is 534 g/mol. The SMILES string of the molecule is CN=C(c1cc(Cl)c(-c2ccc(F)cc2F)c2c1N(C=O)CCS2)N1CCN(C(=O)OC(C)(C)C)CC1C. The van der Waals surface area contributed by atoms with Gasteiger partial charge in [-0.3, -0.25) is 9.79 Å². The van der Waals surface area contributed by atoms with Gasteiger partial charge in [0.05, 0.1) is 10.7 Å². The van der Waals surface area contributed by atoms with Gasteiger partial charge in [-0.2, -0.15) is 0 Å². The molecule has 0 N–H and O–H groups in total. The Morgan fingerprint density at radius 3 is 2.55 bits per heavy atom. The lowest BCUT2D eigenvalue weighted by molar-refractivity contribution is -0.107. The first-order chi connectivity index (χ1) is 17.9. The molecule has 0 spiro atoms. The van der Waals surface area contributed by atoms with Gasteiger partial charge in [0.15, 0.2) is 0 Å². The lowest BCUT2D eigenvalue weighted by Gasteiger charge is -2.42. The van der Waals surface area contributed by atoms with Crippen LogP contribution in [0, 0.1) is 11.6 Å². The molecule has 7 nitrogen and oxygen atoms in total. The number of carbonyl (C=O) groups excluding carboxylic acids is 2. The normalized spacial score (nSPS) is 18.4. The van der Waals surface area contributed by atoms with Crippen molar-refractivity contribution in [1.29, 1.82) is 0 Å². The number of ether oxygens (including phenoxy) is 1. The van der Waals surface area contributed by atoms with Crippen LogP contribution in [0.2, 0.25) is 5.02 Å². The van der Waals surface area contributed by atoms with Crippen LogP contribution in [0.25, 0.3) is 11.1 Å². The van der Waals surface area contributed by atoms with Crippen LogP contribution < -0.4 is 4.90 Å². The summed E-state index contributed by atoms with van der Waals surface area (Å²) in [4.78, 5) is 35.4. The lowest BCUT2D eigenvalue weighted by Crippen LogP contribution is -2.56. The van der Waals surface area contributed by atoms with Gasteiger partial charge in [-0.15, -0.1) is 11.8 Å². The van der Waals surface area contributed by atoms with Crippen molar-refractivity contribution in [2.75, 3.05) is 43.9 Å². The Kier molecular flexibility index (Phi) is 8.23. The molecular formula is C27H31ClF2N4O3S. The van der Waals surface area contributed by atoms with Crippen molar-refractivity contribution in [2.45, 2.75) is 44.2 Å². The number of amides is 2. The van der Waals surface area contributed by atoms with E-state index >= 15 is 0 Å². The highest BCUT2D eigenvalue weighted by molar-refractivity contribution is 7.99. The zero-order valence-corrected chi connectivity index (χ0v) is 23.6.